The summed E-state index contributed by atoms with van der Waals surface area (Å²) in [6.07, 6.45) is 1.75. The first-order valence-corrected chi connectivity index (χ1v) is 5.59. The van der Waals surface area contributed by atoms with E-state index in [1.165, 1.54) is 4.90 Å². The van der Waals surface area contributed by atoms with Gasteiger partial charge in [-0.25, -0.2) is 9.69 Å². The fourth-order valence-electron chi connectivity index (χ4n) is 1.77. The molecular formula is C12H19NO3. The number of cyclic esters (lactones) is 1. The lowest BCUT2D eigenvalue weighted by Crippen LogP contribution is -2.44. The summed E-state index contributed by atoms with van der Waals surface area (Å²) in [7, 11) is 0. The molecule has 4 nitrogen and oxygen atoms in total. The maximum atomic E-state index is 12.0. The van der Waals surface area contributed by atoms with Crippen molar-refractivity contribution in [3.05, 3.63) is 12.7 Å². The Morgan fingerprint density at radius 2 is 2.25 bits per heavy atom. The average Bonchev–Trinajstić information content (AvgIpc) is 2.59. The van der Waals surface area contributed by atoms with Crippen LogP contribution in [0.25, 0.3) is 0 Å². The van der Waals surface area contributed by atoms with E-state index in [-0.39, 0.29) is 23.8 Å². The van der Waals surface area contributed by atoms with Crippen molar-refractivity contribution in [3.63, 3.8) is 0 Å². The van der Waals surface area contributed by atoms with Crippen LogP contribution in [0.3, 0.4) is 0 Å². The molecule has 16 heavy (non-hydrogen) atoms. The van der Waals surface area contributed by atoms with E-state index < -0.39 is 6.09 Å². The molecule has 0 radical (unpaired) electrons. The lowest BCUT2D eigenvalue weighted by atomic mass is 10.0. The van der Waals surface area contributed by atoms with Gasteiger partial charge >= 0.3 is 6.09 Å². The van der Waals surface area contributed by atoms with E-state index in [0.29, 0.717) is 13.0 Å². The van der Waals surface area contributed by atoms with Crippen molar-refractivity contribution in [2.75, 3.05) is 6.61 Å². The molecule has 1 aliphatic rings. The van der Waals surface area contributed by atoms with E-state index in [1.807, 2.05) is 13.8 Å². The minimum Gasteiger partial charge on any atom is -0.447 e. The molecule has 90 valence electrons. The Bertz CT molecular complexity index is 299. The van der Waals surface area contributed by atoms with Gasteiger partial charge < -0.3 is 4.74 Å². The molecule has 1 saturated heterocycles. The van der Waals surface area contributed by atoms with E-state index in [9.17, 15) is 9.59 Å². The molecule has 1 aliphatic heterocycles. The second kappa shape index (κ2) is 5.14. The van der Waals surface area contributed by atoms with Crippen molar-refractivity contribution >= 4 is 12.0 Å². The molecule has 0 aliphatic carbocycles. The van der Waals surface area contributed by atoms with Crippen molar-refractivity contribution in [2.45, 2.75) is 33.2 Å². The maximum Gasteiger partial charge on any atom is 0.416 e. The number of carbonyl (C=O) groups is 2. The van der Waals surface area contributed by atoms with Crippen molar-refractivity contribution in [2.24, 2.45) is 11.8 Å². The monoisotopic (exact) mass is 225 g/mol. The van der Waals surface area contributed by atoms with E-state index in [1.54, 1.807) is 13.0 Å². The molecule has 0 aromatic carbocycles. The lowest BCUT2D eigenvalue weighted by molar-refractivity contribution is -0.133. The fraction of sp³-hybridized carbons (Fsp3) is 0.667. The molecule has 0 aromatic rings. The average molecular weight is 225 g/mol. The molecular weight excluding hydrogens is 206 g/mol. The molecule has 0 bridgehead atoms. The van der Waals surface area contributed by atoms with Gasteiger partial charge in [0.1, 0.15) is 6.61 Å². The van der Waals surface area contributed by atoms with Gasteiger partial charge in [0.25, 0.3) is 0 Å². The van der Waals surface area contributed by atoms with E-state index in [4.69, 9.17) is 4.74 Å². The Kier molecular flexibility index (Phi) is 4.10. The summed E-state index contributed by atoms with van der Waals surface area (Å²) in [6.45, 7) is 9.66. The van der Waals surface area contributed by atoms with E-state index in [0.717, 1.165) is 0 Å². The Morgan fingerprint density at radius 3 is 2.75 bits per heavy atom. The number of carbonyl (C=O) groups excluding carboxylic acids is 2. The minimum absolute atomic E-state index is 0.132. The van der Waals surface area contributed by atoms with Gasteiger partial charge in [-0.1, -0.05) is 26.8 Å². The van der Waals surface area contributed by atoms with Gasteiger partial charge in [-0.15, -0.1) is 6.58 Å². The molecule has 0 N–H and O–H groups in total. The second-order valence-corrected chi connectivity index (χ2v) is 4.52. The van der Waals surface area contributed by atoms with Gasteiger partial charge in [-0.2, -0.15) is 0 Å². The molecule has 1 fully saturated rings. The number of hydrogen-bond acceptors (Lipinski definition) is 3. The highest BCUT2D eigenvalue weighted by molar-refractivity contribution is 5.94. The third-order valence-electron chi connectivity index (χ3n) is 2.85. The summed E-state index contributed by atoms with van der Waals surface area (Å²) in [5.41, 5.74) is 0. The van der Waals surface area contributed by atoms with Crippen molar-refractivity contribution in [3.8, 4) is 0 Å². The Morgan fingerprint density at radius 1 is 1.62 bits per heavy atom. The number of nitrogens with zero attached hydrogens (tertiary/aromatic N) is 1. The maximum absolute atomic E-state index is 12.0. The van der Waals surface area contributed by atoms with Crippen LogP contribution < -0.4 is 0 Å². The van der Waals surface area contributed by atoms with Crippen LogP contribution in [0.2, 0.25) is 0 Å². The van der Waals surface area contributed by atoms with Crippen LogP contribution in [0.5, 0.6) is 0 Å². The standard InChI is InChI=1S/C12H19NO3/c1-5-6-9(4)11(14)13-10(8(2)3)7-16-12(13)15/h5,8-10H,1,6-7H2,2-4H3/t9-,10-/m1/s1. The van der Waals surface area contributed by atoms with Crippen LogP contribution in [-0.2, 0) is 9.53 Å². The molecule has 2 amide bonds. The summed E-state index contributed by atoms with van der Waals surface area (Å²) in [4.78, 5) is 24.8. The quantitative estimate of drug-likeness (QED) is 0.689. The highest BCUT2D eigenvalue weighted by atomic mass is 16.6. The number of imide groups is 1. The third kappa shape index (κ3) is 2.43. The SMILES string of the molecule is C=CC[C@@H](C)C(=O)N1C(=O)OC[C@@H]1C(C)C. The van der Waals surface area contributed by atoms with Gasteiger partial charge in [-0.05, 0) is 12.3 Å². The first kappa shape index (κ1) is 12.7. The zero-order chi connectivity index (χ0) is 12.3. The lowest BCUT2D eigenvalue weighted by Gasteiger charge is -2.24. The molecule has 1 rings (SSSR count). The van der Waals surface area contributed by atoms with Crippen LogP contribution >= 0.6 is 0 Å². The van der Waals surface area contributed by atoms with Crippen LogP contribution in [0.1, 0.15) is 27.2 Å². The van der Waals surface area contributed by atoms with Gasteiger partial charge in [0.05, 0.1) is 6.04 Å². The predicted molar refractivity (Wildman–Crippen MR) is 60.8 cm³/mol. The van der Waals surface area contributed by atoms with Gasteiger partial charge in [0, 0.05) is 5.92 Å². The molecule has 4 heteroatoms. The first-order chi connectivity index (χ1) is 7.49. The first-order valence-electron chi connectivity index (χ1n) is 5.59. The zero-order valence-electron chi connectivity index (χ0n) is 10.1. The number of rotatable bonds is 4. The van der Waals surface area contributed by atoms with Gasteiger partial charge in [0.2, 0.25) is 5.91 Å². The summed E-state index contributed by atoms with van der Waals surface area (Å²) in [5.74, 6) is -0.170. The summed E-state index contributed by atoms with van der Waals surface area (Å²) >= 11 is 0. The fourth-order valence-corrected chi connectivity index (χ4v) is 1.77. The highest BCUT2D eigenvalue weighted by Gasteiger charge is 2.40. The highest BCUT2D eigenvalue weighted by Crippen LogP contribution is 2.22. The van der Waals surface area contributed by atoms with E-state index >= 15 is 0 Å². The Balaban J connectivity index is 2.79. The van der Waals surface area contributed by atoms with Crippen LogP contribution in [-0.4, -0.2) is 29.5 Å². The second-order valence-electron chi connectivity index (χ2n) is 4.52. The summed E-state index contributed by atoms with van der Waals surface area (Å²) in [5, 5.41) is 0. The smallest absolute Gasteiger partial charge is 0.416 e. The number of allylic oxidation sites excluding steroid dienone is 1. The molecule has 0 saturated carbocycles. The Labute approximate surface area is 96.3 Å². The van der Waals surface area contributed by atoms with Crippen molar-refractivity contribution < 1.29 is 14.3 Å². The van der Waals surface area contributed by atoms with Gasteiger partial charge in [-0.3, -0.25) is 4.79 Å². The molecule has 0 aromatic heterocycles. The third-order valence-corrected chi connectivity index (χ3v) is 2.85. The van der Waals surface area contributed by atoms with Gasteiger partial charge in [0.15, 0.2) is 0 Å². The largest absolute Gasteiger partial charge is 0.447 e. The molecule has 0 unspecified atom stereocenters. The van der Waals surface area contributed by atoms with Crippen LogP contribution in [0.15, 0.2) is 12.7 Å². The topological polar surface area (TPSA) is 46.6 Å². The minimum atomic E-state index is -0.514. The normalized spacial score (nSPS) is 22.1. The molecule has 0 spiro atoms. The zero-order valence-corrected chi connectivity index (χ0v) is 10.1. The number of ether oxygens (including phenoxy) is 1. The van der Waals surface area contributed by atoms with Crippen molar-refractivity contribution in [1.29, 1.82) is 0 Å². The van der Waals surface area contributed by atoms with Crippen LogP contribution in [0, 0.1) is 11.8 Å². The molecule has 2 atom stereocenters. The number of amides is 2. The van der Waals surface area contributed by atoms with E-state index in [2.05, 4.69) is 6.58 Å². The summed E-state index contributed by atoms with van der Waals surface area (Å²) in [6, 6.07) is -0.132. The Hall–Kier alpha value is -1.32. The number of hydrogen-bond donors (Lipinski definition) is 0. The van der Waals surface area contributed by atoms with Crippen LogP contribution in [0.4, 0.5) is 4.79 Å². The predicted octanol–water partition coefficient (Wildman–Crippen LogP) is 2.20. The summed E-state index contributed by atoms with van der Waals surface area (Å²) < 4.78 is 4.93. The molecule has 1 heterocycles. The van der Waals surface area contributed by atoms with Crippen molar-refractivity contribution in [1.82, 2.24) is 4.90 Å².